The summed E-state index contributed by atoms with van der Waals surface area (Å²) >= 11 is 0. The van der Waals surface area contributed by atoms with E-state index in [9.17, 15) is 13.2 Å². The van der Waals surface area contributed by atoms with Gasteiger partial charge in [0.1, 0.15) is 17.4 Å². The zero-order valence-electron chi connectivity index (χ0n) is 13.4. The number of hydrogen-bond donors (Lipinski definition) is 1. The maximum absolute atomic E-state index is 12.4. The molecule has 0 spiro atoms. The molecular formula is C17H12F3N5O. The van der Waals surface area contributed by atoms with Crippen LogP contribution in [-0.2, 0) is 0 Å². The van der Waals surface area contributed by atoms with Gasteiger partial charge in [-0.2, -0.15) is 4.98 Å². The number of hydrogen-bond acceptors (Lipinski definition) is 5. The van der Waals surface area contributed by atoms with Crippen molar-refractivity contribution in [1.29, 1.82) is 0 Å². The van der Waals surface area contributed by atoms with Gasteiger partial charge in [0.25, 0.3) is 5.78 Å². The topological polar surface area (TPSA) is 64.3 Å². The molecule has 0 aliphatic carbocycles. The molecule has 4 rings (SSSR count). The number of alkyl halides is 3. The molecule has 132 valence electrons. The quantitative estimate of drug-likeness (QED) is 0.593. The molecular weight excluding hydrogens is 347 g/mol. The monoisotopic (exact) mass is 359 g/mol. The molecule has 0 bridgehead atoms. The van der Waals surface area contributed by atoms with Crippen molar-refractivity contribution >= 4 is 28.2 Å². The van der Waals surface area contributed by atoms with Gasteiger partial charge in [-0.15, -0.1) is 23.4 Å². The lowest BCUT2D eigenvalue weighted by Gasteiger charge is -2.13. The van der Waals surface area contributed by atoms with Crippen LogP contribution in [0.3, 0.4) is 0 Å². The molecule has 2 aromatic carbocycles. The maximum Gasteiger partial charge on any atom is 0.573 e. The molecule has 9 heteroatoms. The molecule has 6 nitrogen and oxygen atoms in total. The number of fused-ring (bicyclic) bond motifs is 3. The van der Waals surface area contributed by atoms with Gasteiger partial charge in [0.15, 0.2) is 0 Å². The van der Waals surface area contributed by atoms with E-state index in [0.29, 0.717) is 23.1 Å². The van der Waals surface area contributed by atoms with Gasteiger partial charge in [-0.25, -0.2) is 0 Å². The van der Waals surface area contributed by atoms with Gasteiger partial charge in [-0.1, -0.05) is 18.2 Å². The fraction of sp³-hybridized carbons (Fsp3) is 0.118. The van der Waals surface area contributed by atoms with Crippen molar-refractivity contribution in [1.82, 2.24) is 19.6 Å². The molecule has 2 aromatic heterocycles. The van der Waals surface area contributed by atoms with Crippen LogP contribution in [-0.4, -0.2) is 25.9 Å². The van der Waals surface area contributed by atoms with Crippen LogP contribution in [0.2, 0.25) is 0 Å². The summed E-state index contributed by atoms with van der Waals surface area (Å²) in [6.07, 6.45) is -4.75. The Labute approximate surface area is 145 Å². The minimum absolute atomic E-state index is 0.314. The van der Waals surface area contributed by atoms with E-state index in [0.717, 1.165) is 10.9 Å². The number of nitrogens with one attached hydrogen (secondary N) is 1. The van der Waals surface area contributed by atoms with Gasteiger partial charge in [0.2, 0.25) is 0 Å². The van der Waals surface area contributed by atoms with Crippen LogP contribution >= 0.6 is 0 Å². The number of para-hydroxylation sites is 1. The Kier molecular flexibility index (Phi) is 3.64. The van der Waals surface area contributed by atoms with Gasteiger partial charge in [-0.3, -0.25) is 4.40 Å². The minimum Gasteiger partial charge on any atom is -0.406 e. The summed E-state index contributed by atoms with van der Waals surface area (Å²) in [5.41, 5.74) is 1.25. The largest absolute Gasteiger partial charge is 0.573 e. The van der Waals surface area contributed by atoms with E-state index in [2.05, 4.69) is 25.2 Å². The number of benzene rings is 2. The molecule has 0 atom stereocenters. The Hall–Kier alpha value is -3.36. The number of halogens is 3. The molecule has 0 aliphatic rings. The average Bonchev–Trinajstić information content (AvgIpc) is 2.95. The molecule has 0 saturated heterocycles. The van der Waals surface area contributed by atoms with Gasteiger partial charge < -0.3 is 10.1 Å². The third kappa shape index (κ3) is 2.99. The molecule has 0 aliphatic heterocycles. The summed E-state index contributed by atoms with van der Waals surface area (Å²) in [6.45, 7) is 1.82. The zero-order valence-corrected chi connectivity index (χ0v) is 13.4. The molecule has 0 radical (unpaired) electrons. The SMILES string of the molecule is Cc1nnc2nc(Nc3cccc(OC(F)(F)F)c3)c3ccccc3n12. The number of aryl methyl sites for hydroxylation is 1. The summed E-state index contributed by atoms with van der Waals surface area (Å²) in [7, 11) is 0. The van der Waals surface area contributed by atoms with Crippen molar-refractivity contribution in [2.75, 3.05) is 5.32 Å². The molecule has 0 unspecified atom stereocenters. The first-order chi connectivity index (χ1) is 12.4. The van der Waals surface area contributed by atoms with E-state index in [-0.39, 0.29) is 5.75 Å². The van der Waals surface area contributed by atoms with Crippen molar-refractivity contribution in [3.63, 3.8) is 0 Å². The highest BCUT2D eigenvalue weighted by Gasteiger charge is 2.31. The fourth-order valence-corrected chi connectivity index (χ4v) is 2.74. The average molecular weight is 359 g/mol. The third-order valence-corrected chi connectivity index (χ3v) is 3.75. The van der Waals surface area contributed by atoms with Crippen molar-refractivity contribution in [3.8, 4) is 5.75 Å². The van der Waals surface area contributed by atoms with E-state index < -0.39 is 6.36 Å². The number of rotatable bonds is 3. The Morgan fingerprint density at radius 3 is 2.65 bits per heavy atom. The molecule has 0 saturated carbocycles. The number of aromatic nitrogens is 4. The van der Waals surface area contributed by atoms with Crippen LogP contribution in [0.1, 0.15) is 5.82 Å². The Morgan fingerprint density at radius 2 is 1.85 bits per heavy atom. The van der Waals surface area contributed by atoms with E-state index >= 15 is 0 Å². The second-order valence-electron chi connectivity index (χ2n) is 5.56. The van der Waals surface area contributed by atoms with Crippen LogP contribution in [0, 0.1) is 6.92 Å². The number of nitrogens with zero attached hydrogens (tertiary/aromatic N) is 4. The predicted molar refractivity (Wildman–Crippen MR) is 89.4 cm³/mol. The van der Waals surface area contributed by atoms with Gasteiger partial charge in [0, 0.05) is 17.1 Å². The molecule has 0 fully saturated rings. The summed E-state index contributed by atoms with van der Waals surface area (Å²) in [5, 5.41) is 11.9. The Balaban J connectivity index is 1.79. The van der Waals surface area contributed by atoms with Crippen LogP contribution in [0.25, 0.3) is 16.7 Å². The normalized spacial score (nSPS) is 11.8. The van der Waals surface area contributed by atoms with Gasteiger partial charge >= 0.3 is 6.36 Å². The fourth-order valence-electron chi connectivity index (χ4n) is 2.74. The lowest BCUT2D eigenvalue weighted by Crippen LogP contribution is -2.17. The van der Waals surface area contributed by atoms with E-state index in [1.165, 1.54) is 18.2 Å². The molecule has 2 heterocycles. The molecule has 0 amide bonds. The standard InChI is InChI=1S/C17H12F3N5O/c1-10-23-24-16-22-15(13-7-2-3-8-14(13)25(10)16)21-11-5-4-6-12(9-11)26-17(18,19)20/h2-9H,1H3,(H,21,22,24). The zero-order chi connectivity index (χ0) is 18.3. The maximum atomic E-state index is 12.4. The lowest BCUT2D eigenvalue weighted by atomic mass is 10.2. The third-order valence-electron chi connectivity index (χ3n) is 3.75. The summed E-state index contributed by atoms with van der Waals surface area (Å²) in [4.78, 5) is 4.44. The first-order valence-electron chi connectivity index (χ1n) is 7.64. The molecule has 4 aromatic rings. The first-order valence-corrected chi connectivity index (χ1v) is 7.64. The molecule has 1 N–H and O–H groups in total. The van der Waals surface area contributed by atoms with Crippen molar-refractivity contribution in [2.24, 2.45) is 0 Å². The van der Waals surface area contributed by atoms with Gasteiger partial charge in [-0.05, 0) is 31.2 Å². The van der Waals surface area contributed by atoms with Crippen molar-refractivity contribution < 1.29 is 17.9 Å². The van der Waals surface area contributed by atoms with E-state index in [1.54, 1.807) is 6.07 Å². The second-order valence-corrected chi connectivity index (χ2v) is 5.56. The van der Waals surface area contributed by atoms with Crippen LogP contribution in [0.15, 0.2) is 48.5 Å². The Morgan fingerprint density at radius 1 is 1.04 bits per heavy atom. The summed E-state index contributed by atoms with van der Waals surface area (Å²) in [5.74, 6) is 1.23. The Bertz CT molecular complexity index is 1110. The van der Waals surface area contributed by atoms with Crippen LogP contribution in [0.5, 0.6) is 5.75 Å². The van der Waals surface area contributed by atoms with E-state index in [4.69, 9.17) is 0 Å². The van der Waals surface area contributed by atoms with Crippen molar-refractivity contribution in [2.45, 2.75) is 13.3 Å². The highest BCUT2D eigenvalue weighted by atomic mass is 19.4. The van der Waals surface area contributed by atoms with Crippen LogP contribution in [0.4, 0.5) is 24.7 Å². The number of ether oxygens (including phenoxy) is 1. The first kappa shape index (κ1) is 16.1. The number of anilines is 2. The van der Waals surface area contributed by atoms with Crippen LogP contribution < -0.4 is 10.1 Å². The highest BCUT2D eigenvalue weighted by molar-refractivity contribution is 5.92. The van der Waals surface area contributed by atoms with Crippen molar-refractivity contribution in [3.05, 3.63) is 54.4 Å². The minimum atomic E-state index is -4.75. The second kappa shape index (κ2) is 5.87. The summed E-state index contributed by atoms with van der Waals surface area (Å²) in [6, 6.07) is 13.1. The smallest absolute Gasteiger partial charge is 0.406 e. The summed E-state index contributed by atoms with van der Waals surface area (Å²) < 4.78 is 43.0. The molecule has 26 heavy (non-hydrogen) atoms. The van der Waals surface area contributed by atoms with E-state index in [1.807, 2.05) is 35.6 Å². The predicted octanol–water partition coefficient (Wildman–Crippen LogP) is 4.23. The highest BCUT2D eigenvalue weighted by Crippen LogP contribution is 2.29. The van der Waals surface area contributed by atoms with Gasteiger partial charge in [0.05, 0.1) is 5.52 Å². The lowest BCUT2D eigenvalue weighted by molar-refractivity contribution is -0.274.